The average Bonchev–Trinajstić information content (AvgIpc) is 3.42. The van der Waals surface area contributed by atoms with Gasteiger partial charge < -0.3 is 35.8 Å². The number of carbonyl (C=O) groups is 4. The second-order valence-corrected chi connectivity index (χ2v) is 10.7. The molecule has 13 heteroatoms. The van der Waals surface area contributed by atoms with Crippen LogP contribution in [0, 0.1) is 5.92 Å². The molecule has 5 rings (SSSR count). The second kappa shape index (κ2) is 13.8. The fourth-order valence-corrected chi connectivity index (χ4v) is 4.48. The molecule has 0 spiro atoms. The van der Waals surface area contributed by atoms with Gasteiger partial charge >= 0.3 is 0 Å². The highest BCUT2D eigenvalue weighted by atomic mass is 16.5. The number of fused-ring (bicyclic) bond motifs is 11. The largest absolute Gasteiger partial charge is 0.507 e. The molecule has 1 aromatic heterocycles. The van der Waals surface area contributed by atoms with Gasteiger partial charge in [-0.2, -0.15) is 5.10 Å². The van der Waals surface area contributed by atoms with Crippen LogP contribution >= 0.6 is 0 Å². The number of benzene rings is 2. The molecule has 228 valence electrons. The minimum atomic E-state index is -1.03. The van der Waals surface area contributed by atoms with E-state index in [4.69, 9.17) is 9.47 Å². The van der Waals surface area contributed by atoms with E-state index in [2.05, 4.69) is 31.5 Å². The molecule has 2 aliphatic rings. The third kappa shape index (κ3) is 8.10. The maximum Gasteiger partial charge on any atom is 0.255 e. The summed E-state index contributed by atoms with van der Waals surface area (Å²) in [7, 11) is 1.56. The van der Waals surface area contributed by atoms with Crippen LogP contribution in [0.15, 0.2) is 48.5 Å². The first-order valence-electron chi connectivity index (χ1n) is 13.8. The molecule has 0 fully saturated rings. The van der Waals surface area contributed by atoms with Gasteiger partial charge in [-0.25, -0.2) is 0 Å². The summed E-state index contributed by atoms with van der Waals surface area (Å²) in [4.78, 5) is 52.8. The summed E-state index contributed by atoms with van der Waals surface area (Å²) in [5, 5.41) is 28.1. The van der Waals surface area contributed by atoms with Crippen molar-refractivity contribution in [3.63, 3.8) is 0 Å². The topological polar surface area (TPSA) is 184 Å². The molecule has 13 nitrogen and oxygen atoms in total. The third-order valence-corrected chi connectivity index (χ3v) is 6.86. The van der Waals surface area contributed by atoms with Crippen molar-refractivity contribution in [1.29, 1.82) is 0 Å². The van der Waals surface area contributed by atoms with E-state index in [1.807, 2.05) is 0 Å². The number of nitrogens with one attached hydrogen (secondary N) is 5. The summed E-state index contributed by atoms with van der Waals surface area (Å²) in [6, 6.07) is 9.87. The van der Waals surface area contributed by atoms with Crippen LogP contribution in [0.25, 0.3) is 0 Å². The first-order chi connectivity index (χ1) is 20.5. The number of ether oxygens (including phenoxy) is 2. The quantitative estimate of drug-likeness (QED) is 0.234. The fourth-order valence-electron chi connectivity index (χ4n) is 4.48. The fraction of sp³-hybridized carbons (Fsp3) is 0.367. The highest BCUT2D eigenvalue weighted by Crippen LogP contribution is 2.28. The number of amides is 4. The zero-order valence-electron chi connectivity index (χ0n) is 24.4. The first-order valence-corrected chi connectivity index (χ1v) is 13.8. The third-order valence-electron chi connectivity index (χ3n) is 6.86. The van der Waals surface area contributed by atoms with Gasteiger partial charge in [-0.05, 0) is 54.8 Å². The van der Waals surface area contributed by atoms with Crippen LogP contribution in [0.4, 0.5) is 0 Å². The minimum absolute atomic E-state index is 0.0709. The van der Waals surface area contributed by atoms with E-state index in [1.54, 1.807) is 51.3 Å². The normalized spacial score (nSPS) is 19.5. The molecule has 43 heavy (non-hydrogen) atoms. The van der Waals surface area contributed by atoms with Crippen LogP contribution in [0.1, 0.15) is 48.1 Å². The Hall–Kier alpha value is -4.91. The van der Waals surface area contributed by atoms with Crippen LogP contribution in [0.5, 0.6) is 17.2 Å². The number of H-pyrrole nitrogens is 1. The molecule has 0 aliphatic carbocycles. The summed E-state index contributed by atoms with van der Waals surface area (Å²) < 4.78 is 11.0. The van der Waals surface area contributed by atoms with E-state index in [0.717, 1.165) is 5.56 Å². The predicted octanol–water partition coefficient (Wildman–Crippen LogP) is 1.67. The van der Waals surface area contributed by atoms with Gasteiger partial charge in [-0.15, -0.1) is 0 Å². The molecule has 0 saturated heterocycles. The number of nitrogens with zero attached hydrogens (tertiary/aromatic N) is 1. The summed E-state index contributed by atoms with van der Waals surface area (Å²) in [6.45, 7) is 5.43. The Morgan fingerprint density at radius 1 is 1.05 bits per heavy atom. The van der Waals surface area contributed by atoms with E-state index in [9.17, 15) is 24.3 Å². The number of rotatable bonds is 6. The monoisotopic (exact) mass is 592 g/mol. The van der Waals surface area contributed by atoms with Gasteiger partial charge in [-0.3, -0.25) is 24.3 Å². The van der Waals surface area contributed by atoms with E-state index >= 15 is 0 Å². The van der Waals surface area contributed by atoms with E-state index in [-0.39, 0.29) is 30.2 Å². The first kappa shape index (κ1) is 31.0. The molecule has 3 heterocycles. The van der Waals surface area contributed by atoms with Crippen molar-refractivity contribution in [2.45, 2.75) is 58.5 Å². The van der Waals surface area contributed by atoms with Gasteiger partial charge in [0.25, 0.3) is 5.91 Å². The number of aromatic hydroxyl groups is 1. The Morgan fingerprint density at radius 2 is 1.77 bits per heavy atom. The van der Waals surface area contributed by atoms with Crippen molar-refractivity contribution >= 4 is 23.6 Å². The maximum absolute atomic E-state index is 13.3. The molecular formula is C30H36N6O7. The number of phenols is 1. The highest BCUT2D eigenvalue weighted by molar-refractivity contribution is 6.00. The molecule has 0 radical (unpaired) electrons. The molecule has 2 aromatic carbocycles. The Balaban J connectivity index is 1.61. The Kier molecular flexibility index (Phi) is 9.99. The van der Waals surface area contributed by atoms with Crippen LogP contribution in [-0.4, -0.2) is 64.2 Å². The smallest absolute Gasteiger partial charge is 0.255 e. The summed E-state index contributed by atoms with van der Waals surface area (Å²) in [6.07, 6.45) is 0.157. The number of carbonyl (C=O) groups excluding carboxylic acids is 4. The summed E-state index contributed by atoms with van der Waals surface area (Å²) in [5.41, 5.74) is 2.01. The van der Waals surface area contributed by atoms with Crippen LogP contribution in [0.3, 0.4) is 0 Å². The van der Waals surface area contributed by atoms with Crippen molar-refractivity contribution in [3.8, 4) is 17.2 Å². The Morgan fingerprint density at radius 3 is 2.47 bits per heavy atom. The number of methoxy groups -OCH3 is 1. The number of aromatic nitrogens is 2. The lowest BCUT2D eigenvalue weighted by Gasteiger charge is -2.25. The van der Waals surface area contributed by atoms with Crippen molar-refractivity contribution in [2.75, 3.05) is 7.11 Å². The standard InChI is InChI=1S/C30H36N6O7/c1-16(2)26-30(41)32-17(3)27(38)33-24(29(40)31-14-19-12-20(15-42-4)36-35-19)11-18-5-7-21(8-6-18)43-22-9-10-25(37)23(13-22)28(39)34-26/h5-10,12-13,16-17,24,26,37H,11,14-15H2,1-4H3,(H,31,40)(H,32,41)(H,33,38)(H,34,39)(H,35,36)/t17-,24+,26-/m0/s1. The molecule has 3 atom stereocenters. The van der Waals surface area contributed by atoms with E-state index in [1.165, 1.54) is 25.1 Å². The lowest BCUT2D eigenvalue weighted by atomic mass is 10.0. The zero-order chi connectivity index (χ0) is 31.1. The van der Waals surface area contributed by atoms with E-state index in [0.29, 0.717) is 29.5 Å². The summed E-state index contributed by atoms with van der Waals surface area (Å²) in [5.74, 6) is -2.19. The van der Waals surface area contributed by atoms with Crippen molar-refractivity contribution < 1.29 is 33.8 Å². The number of hydrogen-bond acceptors (Lipinski definition) is 8. The SMILES string of the molecule is COCc1cc(CNC(=O)[C@H]2Cc3ccc(cc3)Oc3ccc(O)c(c3)C(=O)N[C@@H](C(C)C)C(=O)N[C@@H](C)C(=O)N2)[nH]n1. The van der Waals surface area contributed by atoms with E-state index < -0.39 is 41.8 Å². The summed E-state index contributed by atoms with van der Waals surface area (Å²) >= 11 is 0. The second-order valence-electron chi connectivity index (χ2n) is 10.7. The van der Waals surface area contributed by atoms with Crippen molar-refractivity contribution in [2.24, 2.45) is 5.92 Å². The predicted molar refractivity (Wildman–Crippen MR) is 155 cm³/mol. The molecule has 6 N–H and O–H groups in total. The highest BCUT2D eigenvalue weighted by Gasteiger charge is 2.30. The minimum Gasteiger partial charge on any atom is -0.507 e. The molecule has 4 amide bonds. The van der Waals surface area contributed by atoms with Gasteiger partial charge in [0.15, 0.2) is 0 Å². The number of phenolic OH excluding ortho intramolecular Hbond substituents is 1. The van der Waals surface area contributed by atoms with Crippen LogP contribution in [-0.2, 0) is 38.7 Å². The molecular weight excluding hydrogens is 556 g/mol. The molecule has 2 aliphatic heterocycles. The number of hydrogen-bond donors (Lipinski definition) is 6. The van der Waals surface area contributed by atoms with Gasteiger partial charge in [0.2, 0.25) is 17.7 Å². The van der Waals surface area contributed by atoms with Crippen molar-refractivity contribution in [1.82, 2.24) is 31.5 Å². The Bertz CT molecular complexity index is 1470. The lowest BCUT2D eigenvalue weighted by molar-refractivity contribution is -0.132. The molecule has 3 aromatic rings. The Labute approximate surface area is 248 Å². The molecule has 0 saturated carbocycles. The van der Waals surface area contributed by atoms with Crippen molar-refractivity contribution in [3.05, 3.63) is 71.0 Å². The van der Waals surface area contributed by atoms with Crippen LogP contribution < -0.4 is 26.0 Å². The maximum atomic E-state index is 13.3. The van der Waals surface area contributed by atoms with Gasteiger partial charge in [0.1, 0.15) is 35.4 Å². The van der Waals surface area contributed by atoms with Gasteiger partial charge in [0, 0.05) is 13.5 Å². The molecule has 4 bridgehead atoms. The average molecular weight is 593 g/mol. The van der Waals surface area contributed by atoms with Crippen LogP contribution in [0.2, 0.25) is 0 Å². The van der Waals surface area contributed by atoms with Gasteiger partial charge in [0.05, 0.1) is 30.1 Å². The lowest BCUT2D eigenvalue weighted by Crippen LogP contribution is -2.57. The van der Waals surface area contributed by atoms with Gasteiger partial charge in [-0.1, -0.05) is 26.0 Å². The number of aromatic amines is 1. The zero-order valence-corrected chi connectivity index (χ0v) is 24.4. The molecule has 0 unspecified atom stereocenters.